The molecule has 27 heavy (non-hydrogen) atoms. The summed E-state index contributed by atoms with van der Waals surface area (Å²) in [6.07, 6.45) is 1.21. The molecular weight excluding hydrogens is 392 g/mol. The second kappa shape index (κ2) is 7.75. The zero-order chi connectivity index (χ0) is 19.6. The summed E-state index contributed by atoms with van der Waals surface area (Å²) in [6, 6.07) is 7.61. The van der Waals surface area contributed by atoms with Crippen LogP contribution in [0.2, 0.25) is 5.02 Å². The Hall–Kier alpha value is -2.29. The molecule has 0 radical (unpaired) electrons. The maximum absolute atomic E-state index is 12.6. The number of carbonyl (C=O) groups is 1. The van der Waals surface area contributed by atoms with Crippen molar-refractivity contribution in [1.82, 2.24) is 0 Å². The van der Waals surface area contributed by atoms with Gasteiger partial charge in [0.15, 0.2) is 11.5 Å². The Labute approximate surface area is 162 Å². The summed E-state index contributed by atoms with van der Waals surface area (Å²) in [7, 11) is -3.90. The highest BCUT2D eigenvalue weighted by Gasteiger charge is 2.19. The maximum atomic E-state index is 12.6. The number of sulfonamides is 1. The van der Waals surface area contributed by atoms with Crippen molar-refractivity contribution in [2.24, 2.45) is 5.14 Å². The predicted octanol–water partition coefficient (Wildman–Crippen LogP) is 2.96. The third-order valence-corrected chi connectivity index (χ3v) is 5.35. The van der Waals surface area contributed by atoms with E-state index in [-0.39, 0.29) is 15.5 Å². The number of primary sulfonamides is 1. The van der Waals surface area contributed by atoms with Gasteiger partial charge in [-0.25, -0.2) is 13.6 Å². The van der Waals surface area contributed by atoms with Crippen molar-refractivity contribution in [3.63, 3.8) is 0 Å². The molecule has 1 aliphatic heterocycles. The highest BCUT2D eigenvalue weighted by atomic mass is 35.5. The fourth-order valence-electron chi connectivity index (χ4n) is 2.75. The van der Waals surface area contributed by atoms with Gasteiger partial charge in [0.05, 0.1) is 23.1 Å². The molecule has 3 rings (SSSR count). The molecule has 9 heteroatoms. The first-order valence-electron chi connectivity index (χ1n) is 8.36. The summed E-state index contributed by atoms with van der Waals surface area (Å²) in [4.78, 5) is 12.6. The molecule has 0 unspecified atom stereocenters. The Kier molecular flexibility index (Phi) is 5.59. The van der Waals surface area contributed by atoms with E-state index in [9.17, 15) is 13.2 Å². The van der Waals surface area contributed by atoms with E-state index >= 15 is 0 Å². The van der Waals surface area contributed by atoms with Crippen molar-refractivity contribution in [3.05, 3.63) is 46.5 Å². The van der Waals surface area contributed by atoms with Crippen LogP contribution in [0.5, 0.6) is 11.5 Å². The molecule has 1 amide bonds. The number of amides is 1. The molecule has 0 atom stereocenters. The van der Waals surface area contributed by atoms with Crippen LogP contribution < -0.4 is 19.9 Å². The average molecular weight is 411 g/mol. The lowest BCUT2D eigenvalue weighted by atomic mass is 10.1. The molecule has 2 aromatic rings. The fraction of sp³-hybridized carbons (Fsp3) is 0.278. The molecule has 0 bridgehead atoms. The lowest BCUT2D eigenvalue weighted by molar-refractivity contribution is 0.102. The van der Waals surface area contributed by atoms with E-state index in [4.69, 9.17) is 26.2 Å². The minimum atomic E-state index is -3.90. The monoisotopic (exact) mass is 410 g/mol. The zero-order valence-electron chi connectivity index (χ0n) is 14.6. The molecule has 0 saturated heterocycles. The number of halogens is 1. The van der Waals surface area contributed by atoms with E-state index < -0.39 is 15.9 Å². The Morgan fingerprint density at radius 3 is 2.67 bits per heavy atom. The van der Waals surface area contributed by atoms with Crippen molar-refractivity contribution in [1.29, 1.82) is 0 Å². The number of hydrogen-bond acceptors (Lipinski definition) is 5. The smallest absolute Gasteiger partial charge is 0.255 e. The van der Waals surface area contributed by atoms with E-state index in [1.165, 1.54) is 12.1 Å². The summed E-state index contributed by atoms with van der Waals surface area (Å²) in [5.41, 5.74) is 1.15. The normalized spacial score (nSPS) is 13.7. The summed E-state index contributed by atoms with van der Waals surface area (Å²) in [5, 5.41) is 8.19. The standard InChI is InChI=1S/C18H19ClN2O5S/c1-2-11-4-5-13(10-16(11)27(20,23)24)21-18(22)12-8-14(19)17-15(9-12)25-6-3-7-26-17/h4-5,8-10H,2-3,6-7H2,1H3,(H,21,22)(H2,20,23,24). The lowest BCUT2D eigenvalue weighted by Gasteiger charge is -2.13. The van der Waals surface area contributed by atoms with Crippen molar-refractivity contribution in [2.75, 3.05) is 18.5 Å². The number of hydrogen-bond donors (Lipinski definition) is 2. The van der Waals surface area contributed by atoms with Gasteiger partial charge in [-0.2, -0.15) is 0 Å². The minimum Gasteiger partial charge on any atom is -0.489 e. The van der Waals surface area contributed by atoms with E-state index in [0.29, 0.717) is 48.8 Å². The van der Waals surface area contributed by atoms with E-state index in [0.717, 1.165) is 0 Å². The van der Waals surface area contributed by atoms with Crippen molar-refractivity contribution >= 4 is 33.2 Å². The fourth-order valence-corrected chi connectivity index (χ4v) is 3.89. The van der Waals surface area contributed by atoms with Gasteiger partial charge in [0.1, 0.15) is 0 Å². The molecule has 3 N–H and O–H groups in total. The summed E-state index contributed by atoms with van der Waals surface area (Å²) < 4.78 is 34.7. The van der Waals surface area contributed by atoms with Gasteiger partial charge in [-0.15, -0.1) is 0 Å². The first-order valence-corrected chi connectivity index (χ1v) is 10.3. The molecule has 7 nitrogen and oxygen atoms in total. The highest BCUT2D eigenvalue weighted by molar-refractivity contribution is 7.89. The minimum absolute atomic E-state index is 0.0144. The largest absolute Gasteiger partial charge is 0.489 e. The van der Waals surface area contributed by atoms with Crippen LogP contribution in [0.3, 0.4) is 0 Å². The van der Waals surface area contributed by atoms with Gasteiger partial charge in [0.2, 0.25) is 10.0 Å². The SMILES string of the molecule is CCc1ccc(NC(=O)c2cc(Cl)c3c(c2)OCCCO3)cc1S(N)(=O)=O. The number of aryl methyl sites for hydroxylation is 1. The quantitative estimate of drug-likeness (QED) is 0.805. The van der Waals surface area contributed by atoms with Crippen molar-refractivity contribution < 1.29 is 22.7 Å². The van der Waals surface area contributed by atoms with Gasteiger partial charge in [0, 0.05) is 17.7 Å². The third kappa shape index (κ3) is 4.35. The Morgan fingerprint density at radius 1 is 1.22 bits per heavy atom. The second-order valence-electron chi connectivity index (χ2n) is 6.01. The van der Waals surface area contributed by atoms with Crippen molar-refractivity contribution in [3.8, 4) is 11.5 Å². The molecule has 0 fully saturated rings. The number of nitrogens with one attached hydrogen (secondary N) is 1. The number of anilines is 1. The van der Waals surface area contributed by atoms with E-state index in [2.05, 4.69) is 5.32 Å². The molecule has 2 aromatic carbocycles. The van der Waals surface area contributed by atoms with Crippen LogP contribution in [-0.2, 0) is 16.4 Å². The van der Waals surface area contributed by atoms with Crippen LogP contribution >= 0.6 is 11.6 Å². The molecule has 0 aromatic heterocycles. The Balaban J connectivity index is 1.90. The van der Waals surface area contributed by atoms with Crippen LogP contribution in [0.25, 0.3) is 0 Å². The summed E-state index contributed by atoms with van der Waals surface area (Å²) in [6.45, 7) is 2.77. The lowest BCUT2D eigenvalue weighted by Crippen LogP contribution is -2.16. The number of carbonyl (C=O) groups excluding carboxylic acids is 1. The van der Waals surface area contributed by atoms with Gasteiger partial charge in [0.25, 0.3) is 5.91 Å². The molecule has 0 aliphatic carbocycles. The van der Waals surface area contributed by atoms with Gasteiger partial charge in [-0.05, 0) is 36.2 Å². The molecule has 144 valence electrons. The van der Waals surface area contributed by atoms with Gasteiger partial charge in [-0.1, -0.05) is 24.6 Å². The Morgan fingerprint density at radius 2 is 1.96 bits per heavy atom. The van der Waals surface area contributed by atoms with Gasteiger partial charge >= 0.3 is 0 Å². The number of nitrogens with two attached hydrogens (primary N) is 1. The van der Waals surface area contributed by atoms with E-state index in [1.54, 1.807) is 18.2 Å². The van der Waals surface area contributed by atoms with Crippen LogP contribution in [-0.4, -0.2) is 27.5 Å². The number of fused-ring (bicyclic) bond motifs is 1. The first-order chi connectivity index (χ1) is 12.8. The van der Waals surface area contributed by atoms with Crippen LogP contribution in [0.15, 0.2) is 35.2 Å². The summed E-state index contributed by atoms with van der Waals surface area (Å²) >= 11 is 6.21. The molecule has 1 aliphatic rings. The summed E-state index contributed by atoms with van der Waals surface area (Å²) in [5.74, 6) is 0.350. The maximum Gasteiger partial charge on any atom is 0.255 e. The zero-order valence-corrected chi connectivity index (χ0v) is 16.2. The second-order valence-corrected chi connectivity index (χ2v) is 7.95. The molecular formula is C18H19ClN2O5S. The van der Waals surface area contributed by atoms with Crippen LogP contribution in [0.1, 0.15) is 29.3 Å². The van der Waals surface area contributed by atoms with Crippen LogP contribution in [0.4, 0.5) is 5.69 Å². The number of ether oxygens (including phenoxy) is 2. The first kappa shape index (κ1) is 19.5. The van der Waals surface area contributed by atoms with Crippen LogP contribution in [0, 0.1) is 0 Å². The topological polar surface area (TPSA) is 108 Å². The van der Waals surface area contributed by atoms with Gasteiger partial charge < -0.3 is 14.8 Å². The number of benzene rings is 2. The third-order valence-electron chi connectivity index (χ3n) is 4.08. The highest BCUT2D eigenvalue weighted by Crippen LogP contribution is 2.38. The van der Waals surface area contributed by atoms with Crippen molar-refractivity contribution in [2.45, 2.75) is 24.7 Å². The number of rotatable bonds is 4. The average Bonchev–Trinajstić information content (AvgIpc) is 2.86. The molecule has 1 heterocycles. The van der Waals surface area contributed by atoms with Gasteiger partial charge in [-0.3, -0.25) is 4.79 Å². The Bertz CT molecular complexity index is 991. The van der Waals surface area contributed by atoms with E-state index in [1.807, 2.05) is 6.92 Å². The predicted molar refractivity (Wildman–Crippen MR) is 102 cm³/mol. The molecule has 0 spiro atoms. The molecule has 0 saturated carbocycles.